The largest absolute Gasteiger partial charge is 0.454 e. The average molecular weight is 274 g/mol. The molecule has 0 amide bonds. The van der Waals surface area contributed by atoms with E-state index in [1.165, 1.54) is 11.9 Å². The number of nitrogens with one attached hydrogen (secondary N) is 2. The van der Waals surface area contributed by atoms with Crippen LogP contribution in [0.25, 0.3) is 0 Å². The number of aromatic amines is 1. The quantitative estimate of drug-likeness (QED) is 0.838. The zero-order chi connectivity index (χ0) is 13.8. The molecule has 1 aliphatic rings. The Labute approximate surface area is 117 Å². The van der Waals surface area contributed by atoms with Gasteiger partial charge in [-0.15, -0.1) is 0 Å². The maximum Gasteiger partial charge on any atom is 0.231 e. The molecule has 1 aromatic carbocycles. The summed E-state index contributed by atoms with van der Waals surface area (Å²) >= 11 is 0. The van der Waals surface area contributed by atoms with Gasteiger partial charge in [0.2, 0.25) is 6.79 Å². The van der Waals surface area contributed by atoms with E-state index in [-0.39, 0.29) is 0 Å². The second-order valence-corrected chi connectivity index (χ2v) is 4.94. The van der Waals surface area contributed by atoms with Crippen LogP contribution in [-0.4, -0.2) is 28.0 Å². The Morgan fingerprint density at radius 1 is 1.35 bits per heavy atom. The molecule has 2 heterocycles. The zero-order valence-corrected chi connectivity index (χ0v) is 11.4. The minimum absolute atomic E-state index is 0.327. The minimum atomic E-state index is 0.327. The fraction of sp³-hybridized carbons (Fsp3) is 0.429. The van der Waals surface area contributed by atoms with Crippen molar-refractivity contribution in [2.24, 2.45) is 0 Å². The van der Waals surface area contributed by atoms with Gasteiger partial charge in [0.1, 0.15) is 12.2 Å². The van der Waals surface area contributed by atoms with E-state index >= 15 is 0 Å². The number of aryl methyl sites for hydroxylation is 1. The molecule has 0 aliphatic carbocycles. The van der Waals surface area contributed by atoms with E-state index in [4.69, 9.17) is 9.47 Å². The molecule has 0 fully saturated rings. The van der Waals surface area contributed by atoms with Crippen LogP contribution in [0.3, 0.4) is 0 Å². The normalized spacial score (nSPS) is 14.4. The fourth-order valence-electron chi connectivity index (χ4n) is 2.17. The lowest BCUT2D eigenvalue weighted by Crippen LogP contribution is -2.26. The third kappa shape index (κ3) is 3.08. The number of hydrogen-bond acceptors (Lipinski definition) is 5. The highest BCUT2D eigenvalue weighted by molar-refractivity contribution is 5.44. The van der Waals surface area contributed by atoms with Gasteiger partial charge in [0.05, 0.1) is 6.54 Å². The van der Waals surface area contributed by atoms with E-state index in [0.29, 0.717) is 19.4 Å². The third-order valence-electron chi connectivity index (χ3n) is 3.39. The van der Waals surface area contributed by atoms with Gasteiger partial charge in [-0.3, -0.25) is 5.10 Å². The predicted octanol–water partition coefficient (Wildman–Crippen LogP) is 1.64. The van der Waals surface area contributed by atoms with Gasteiger partial charge in [-0.25, -0.2) is 4.98 Å². The molecule has 106 valence electrons. The molecule has 0 saturated carbocycles. The van der Waals surface area contributed by atoms with Crippen molar-refractivity contribution >= 4 is 0 Å². The molecular weight excluding hydrogens is 256 g/mol. The van der Waals surface area contributed by atoms with Crippen molar-refractivity contribution in [3.05, 3.63) is 35.9 Å². The van der Waals surface area contributed by atoms with Crippen LogP contribution in [0.15, 0.2) is 24.5 Å². The summed E-state index contributed by atoms with van der Waals surface area (Å²) in [5, 5.41) is 10.1. The topological polar surface area (TPSA) is 72.1 Å². The van der Waals surface area contributed by atoms with Gasteiger partial charge in [-0.1, -0.05) is 6.07 Å². The number of benzene rings is 1. The van der Waals surface area contributed by atoms with Crippen LogP contribution >= 0.6 is 0 Å². The van der Waals surface area contributed by atoms with E-state index in [2.05, 4.69) is 39.6 Å². The summed E-state index contributed by atoms with van der Waals surface area (Å²) in [5.74, 6) is 2.55. The Morgan fingerprint density at radius 3 is 3.10 bits per heavy atom. The molecule has 1 aliphatic heterocycles. The molecule has 3 rings (SSSR count). The summed E-state index contributed by atoms with van der Waals surface area (Å²) in [7, 11) is 0. The first-order valence-corrected chi connectivity index (χ1v) is 6.77. The highest BCUT2D eigenvalue weighted by Crippen LogP contribution is 2.32. The second-order valence-electron chi connectivity index (χ2n) is 4.94. The summed E-state index contributed by atoms with van der Waals surface area (Å²) in [6.07, 6.45) is 3.57. The van der Waals surface area contributed by atoms with Crippen molar-refractivity contribution in [2.75, 3.05) is 6.79 Å². The van der Waals surface area contributed by atoms with Gasteiger partial charge in [0.15, 0.2) is 11.5 Å². The number of H-pyrrole nitrogens is 1. The molecule has 0 spiro atoms. The lowest BCUT2D eigenvalue weighted by Gasteiger charge is -2.12. The first-order valence-electron chi connectivity index (χ1n) is 6.77. The molecule has 0 bridgehead atoms. The highest BCUT2D eigenvalue weighted by Gasteiger charge is 2.13. The molecule has 1 aromatic heterocycles. The molecule has 2 N–H and O–H groups in total. The number of ether oxygens (including phenoxy) is 2. The Bertz CT molecular complexity index is 556. The Balaban J connectivity index is 1.46. The number of aromatic nitrogens is 3. The van der Waals surface area contributed by atoms with Gasteiger partial charge in [0, 0.05) is 6.04 Å². The van der Waals surface area contributed by atoms with E-state index < -0.39 is 0 Å². The van der Waals surface area contributed by atoms with Crippen molar-refractivity contribution in [2.45, 2.75) is 32.4 Å². The maximum absolute atomic E-state index is 5.39. The Morgan fingerprint density at radius 2 is 2.25 bits per heavy atom. The summed E-state index contributed by atoms with van der Waals surface area (Å²) in [6, 6.07) is 6.54. The number of rotatable bonds is 6. The molecule has 0 radical (unpaired) electrons. The standard InChI is InChI=1S/C14H18N4O2/c1-10(15-7-14-16-8-17-18-14)2-3-11-4-5-12-13(6-11)20-9-19-12/h4-6,8,10,15H,2-3,7,9H2,1H3,(H,16,17,18). The summed E-state index contributed by atoms with van der Waals surface area (Å²) < 4.78 is 10.7. The van der Waals surface area contributed by atoms with E-state index in [1.807, 2.05) is 6.07 Å². The highest BCUT2D eigenvalue weighted by atomic mass is 16.7. The van der Waals surface area contributed by atoms with Gasteiger partial charge in [0.25, 0.3) is 0 Å². The monoisotopic (exact) mass is 274 g/mol. The van der Waals surface area contributed by atoms with Crippen LogP contribution in [0.4, 0.5) is 0 Å². The van der Waals surface area contributed by atoms with E-state index in [1.54, 1.807) is 0 Å². The van der Waals surface area contributed by atoms with Crippen molar-refractivity contribution in [1.82, 2.24) is 20.5 Å². The maximum atomic E-state index is 5.39. The number of hydrogen-bond donors (Lipinski definition) is 2. The van der Waals surface area contributed by atoms with Gasteiger partial charge >= 0.3 is 0 Å². The minimum Gasteiger partial charge on any atom is -0.454 e. The smallest absolute Gasteiger partial charge is 0.231 e. The van der Waals surface area contributed by atoms with Gasteiger partial charge < -0.3 is 14.8 Å². The molecule has 2 aromatic rings. The van der Waals surface area contributed by atoms with Crippen LogP contribution in [0.5, 0.6) is 11.5 Å². The zero-order valence-electron chi connectivity index (χ0n) is 11.4. The third-order valence-corrected chi connectivity index (χ3v) is 3.39. The van der Waals surface area contributed by atoms with Crippen LogP contribution in [0.2, 0.25) is 0 Å². The molecule has 6 heteroatoms. The van der Waals surface area contributed by atoms with Crippen LogP contribution in [0.1, 0.15) is 24.7 Å². The molecule has 20 heavy (non-hydrogen) atoms. The van der Waals surface area contributed by atoms with Crippen molar-refractivity contribution in [1.29, 1.82) is 0 Å². The average Bonchev–Trinajstić information content (AvgIpc) is 3.13. The number of fused-ring (bicyclic) bond motifs is 1. The van der Waals surface area contributed by atoms with Crippen LogP contribution < -0.4 is 14.8 Å². The van der Waals surface area contributed by atoms with Crippen molar-refractivity contribution < 1.29 is 9.47 Å². The summed E-state index contributed by atoms with van der Waals surface area (Å²) in [5.41, 5.74) is 1.27. The van der Waals surface area contributed by atoms with Crippen LogP contribution in [-0.2, 0) is 13.0 Å². The van der Waals surface area contributed by atoms with E-state index in [9.17, 15) is 0 Å². The van der Waals surface area contributed by atoms with Gasteiger partial charge in [-0.2, -0.15) is 5.10 Å². The predicted molar refractivity (Wildman–Crippen MR) is 73.6 cm³/mol. The number of nitrogens with zero attached hydrogens (tertiary/aromatic N) is 2. The molecule has 1 atom stereocenters. The Hall–Kier alpha value is -2.08. The first-order chi connectivity index (χ1) is 9.81. The van der Waals surface area contributed by atoms with Crippen molar-refractivity contribution in [3.63, 3.8) is 0 Å². The Kier molecular flexibility index (Phi) is 3.83. The summed E-state index contributed by atoms with van der Waals surface area (Å²) in [6.45, 7) is 3.21. The molecule has 1 unspecified atom stereocenters. The fourth-order valence-corrected chi connectivity index (χ4v) is 2.17. The van der Waals surface area contributed by atoms with E-state index in [0.717, 1.165) is 30.2 Å². The van der Waals surface area contributed by atoms with Crippen LogP contribution in [0, 0.1) is 0 Å². The lowest BCUT2D eigenvalue weighted by atomic mass is 10.1. The second kappa shape index (κ2) is 5.92. The molecular formula is C14H18N4O2. The van der Waals surface area contributed by atoms with Gasteiger partial charge in [-0.05, 0) is 37.5 Å². The molecule has 0 saturated heterocycles. The molecule has 6 nitrogen and oxygen atoms in total. The first kappa shape index (κ1) is 12.9. The van der Waals surface area contributed by atoms with Crippen molar-refractivity contribution in [3.8, 4) is 11.5 Å². The lowest BCUT2D eigenvalue weighted by molar-refractivity contribution is 0.174. The summed E-state index contributed by atoms with van der Waals surface area (Å²) in [4.78, 5) is 4.09. The SMILES string of the molecule is CC(CCc1ccc2c(c1)OCO2)NCc1ncn[nH]1.